The fraction of sp³-hybridized carbons (Fsp3) is 0.0556. The van der Waals surface area contributed by atoms with Crippen molar-refractivity contribution in [3.8, 4) is 0 Å². The first-order valence-corrected chi connectivity index (χ1v) is 6.56. The van der Waals surface area contributed by atoms with Gasteiger partial charge in [-0.05, 0) is 55.3 Å². The number of nitrogens with zero attached hydrogens (tertiary/aromatic N) is 1. The minimum absolute atomic E-state index is 0.183. The van der Waals surface area contributed by atoms with Crippen LogP contribution in [0.25, 0.3) is 10.9 Å². The SMILES string of the molecule is [CH]c1cccc(NC(=O)c2cc3cc([CH])ccc3n2C)c1. The molecule has 3 heteroatoms. The molecule has 0 saturated heterocycles. The van der Waals surface area contributed by atoms with Gasteiger partial charge in [-0.2, -0.15) is 0 Å². The molecule has 0 spiro atoms. The lowest BCUT2D eigenvalue weighted by Crippen LogP contribution is -2.15. The fourth-order valence-electron chi connectivity index (χ4n) is 2.40. The molecule has 0 fully saturated rings. The van der Waals surface area contributed by atoms with Gasteiger partial charge in [-0.25, -0.2) is 0 Å². The Morgan fingerprint density at radius 3 is 2.57 bits per heavy atom. The standard InChI is InChI=1S/C18H14N2O/c1-12-5-4-6-15(10-12)19-18(21)17-11-14-9-13(2)7-8-16(14)20(17)3/h1-2,4-11H,3H3,(H,19,21). The molecule has 0 aliphatic rings. The van der Waals surface area contributed by atoms with Crippen LogP contribution >= 0.6 is 0 Å². The number of carbonyl (C=O) groups is 1. The Hall–Kier alpha value is -2.55. The van der Waals surface area contributed by atoms with Gasteiger partial charge in [-0.1, -0.05) is 18.2 Å². The average molecular weight is 274 g/mol. The number of nitrogens with one attached hydrogen (secondary N) is 1. The molecule has 1 aromatic heterocycles. The summed E-state index contributed by atoms with van der Waals surface area (Å²) >= 11 is 0. The molecular formula is C18H14N2O. The molecule has 0 saturated carbocycles. The number of rotatable bonds is 2. The van der Waals surface area contributed by atoms with Crippen LogP contribution in [0.4, 0.5) is 5.69 Å². The third-order valence-corrected chi connectivity index (χ3v) is 3.44. The number of anilines is 1. The van der Waals surface area contributed by atoms with Gasteiger partial charge in [0.25, 0.3) is 5.91 Å². The van der Waals surface area contributed by atoms with E-state index in [1.807, 2.05) is 35.9 Å². The zero-order chi connectivity index (χ0) is 15.0. The Bertz CT molecular complexity index is 830. The number of hydrogen-bond acceptors (Lipinski definition) is 1. The van der Waals surface area contributed by atoms with E-state index in [-0.39, 0.29) is 5.91 Å². The van der Waals surface area contributed by atoms with Crippen molar-refractivity contribution in [2.45, 2.75) is 0 Å². The van der Waals surface area contributed by atoms with E-state index in [2.05, 4.69) is 5.32 Å². The molecule has 1 heterocycles. The van der Waals surface area contributed by atoms with Gasteiger partial charge >= 0.3 is 0 Å². The van der Waals surface area contributed by atoms with Crippen LogP contribution < -0.4 is 5.32 Å². The Morgan fingerprint density at radius 2 is 1.81 bits per heavy atom. The molecule has 4 radical (unpaired) electrons. The molecule has 3 nitrogen and oxygen atoms in total. The van der Waals surface area contributed by atoms with E-state index in [9.17, 15) is 4.79 Å². The molecule has 1 amide bonds. The molecule has 2 aromatic carbocycles. The van der Waals surface area contributed by atoms with Crippen molar-refractivity contribution in [3.05, 3.63) is 79.2 Å². The minimum Gasteiger partial charge on any atom is -0.340 e. The van der Waals surface area contributed by atoms with Crippen LogP contribution in [0, 0.1) is 13.8 Å². The maximum absolute atomic E-state index is 12.4. The first-order chi connectivity index (χ1) is 10.0. The second-order valence-corrected chi connectivity index (χ2v) is 4.99. The predicted molar refractivity (Wildman–Crippen MR) is 84.1 cm³/mol. The van der Waals surface area contributed by atoms with Crippen molar-refractivity contribution in [2.24, 2.45) is 7.05 Å². The number of aryl methyl sites for hydroxylation is 1. The molecule has 3 rings (SSSR count). The number of aromatic nitrogens is 1. The zero-order valence-electron chi connectivity index (χ0n) is 11.6. The Morgan fingerprint density at radius 1 is 1.05 bits per heavy atom. The summed E-state index contributed by atoms with van der Waals surface area (Å²) in [4.78, 5) is 12.4. The maximum atomic E-state index is 12.4. The lowest BCUT2D eigenvalue weighted by molar-refractivity contribution is 0.102. The summed E-state index contributed by atoms with van der Waals surface area (Å²) in [6.45, 7) is 11.5. The second-order valence-electron chi connectivity index (χ2n) is 4.99. The van der Waals surface area contributed by atoms with Crippen molar-refractivity contribution >= 4 is 22.5 Å². The lowest BCUT2D eigenvalue weighted by Gasteiger charge is -2.07. The smallest absolute Gasteiger partial charge is 0.272 e. The largest absolute Gasteiger partial charge is 0.340 e. The third-order valence-electron chi connectivity index (χ3n) is 3.44. The van der Waals surface area contributed by atoms with Crippen molar-refractivity contribution < 1.29 is 4.79 Å². The van der Waals surface area contributed by atoms with E-state index >= 15 is 0 Å². The fourth-order valence-corrected chi connectivity index (χ4v) is 2.40. The van der Waals surface area contributed by atoms with Crippen LogP contribution in [0.1, 0.15) is 21.6 Å². The molecular weight excluding hydrogens is 260 g/mol. The molecule has 3 aromatic rings. The molecule has 0 aliphatic heterocycles. The highest BCUT2D eigenvalue weighted by molar-refractivity contribution is 6.06. The van der Waals surface area contributed by atoms with Crippen molar-refractivity contribution in [2.75, 3.05) is 5.32 Å². The van der Waals surface area contributed by atoms with Gasteiger partial charge < -0.3 is 9.88 Å². The summed E-state index contributed by atoms with van der Waals surface area (Å²) in [7, 11) is 1.85. The minimum atomic E-state index is -0.183. The quantitative estimate of drug-likeness (QED) is 0.762. The molecule has 21 heavy (non-hydrogen) atoms. The lowest BCUT2D eigenvalue weighted by atomic mass is 10.2. The molecule has 102 valence electrons. The van der Waals surface area contributed by atoms with Gasteiger partial charge in [0, 0.05) is 23.6 Å². The normalized spacial score (nSPS) is 10.8. The number of fused-ring (bicyclic) bond motifs is 1. The van der Waals surface area contributed by atoms with Gasteiger partial charge in [0.05, 0.1) is 0 Å². The third kappa shape index (κ3) is 2.55. The predicted octanol–water partition coefficient (Wildman–Crippen LogP) is 3.55. The maximum Gasteiger partial charge on any atom is 0.272 e. The van der Waals surface area contributed by atoms with E-state index in [1.165, 1.54) is 0 Å². The van der Waals surface area contributed by atoms with Gasteiger partial charge in [0.1, 0.15) is 5.69 Å². The first kappa shape index (κ1) is 13.4. The van der Waals surface area contributed by atoms with E-state index in [1.54, 1.807) is 24.3 Å². The summed E-state index contributed by atoms with van der Waals surface area (Å²) in [6.07, 6.45) is 0. The van der Waals surface area contributed by atoms with Crippen LogP contribution in [-0.4, -0.2) is 10.5 Å². The van der Waals surface area contributed by atoms with Gasteiger partial charge in [-0.3, -0.25) is 4.79 Å². The van der Waals surface area contributed by atoms with E-state index in [0.717, 1.165) is 10.9 Å². The van der Waals surface area contributed by atoms with Crippen LogP contribution in [0.15, 0.2) is 48.5 Å². The average Bonchev–Trinajstić information content (AvgIpc) is 2.75. The number of benzene rings is 2. The number of carbonyl (C=O) groups excluding carboxylic acids is 1. The summed E-state index contributed by atoms with van der Waals surface area (Å²) in [5, 5.41) is 3.78. The van der Waals surface area contributed by atoms with E-state index in [4.69, 9.17) is 13.8 Å². The van der Waals surface area contributed by atoms with Crippen molar-refractivity contribution in [1.82, 2.24) is 4.57 Å². The Labute approximate surface area is 124 Å². The molecule has 0 bridgehead atoms. The summed E-state index contributed by atoms with van der Waals surface area (Å²) in [6, 6.07) is 14.5. The second kappa shape index (κ2) is 5.09. The summed E-state index contributed by atoms with van der Waals surface area (Å²) in [5.74, 6) is -0.183. The Balaban J connectivity index is 1.96. The van der Waals surface area contributed by atoms with Crippen molar-refractivity contribution in [1.29, 1.82) is 0 Å². The monoisotopic (exact) mass is 274 g/mol. The number of hydrogen-bond donors (Lipinski definition) is 1. The molecule has 0 aliphatic carbocycles. The van der Waals surface area contributed by atoms with Crippen LogP contribution in [-0.2, 0) is 7.05 Å². The van der Waals surface area contributed by atoms with Crippen LogP contribution in [0.3, 0.4) is 0 Å². The highest BCUT2D eigenvalue weighted by Gasteiger charge is 2.13. The highest BCUT2D eigenvalue weighted by atomic mass is 16.1. The molecule has 0 atom stereocenters. The van der Waals surface area contributed by atoms with E-state index in [0.29, 0.717) is 22.5 Å². The first-order valence-electron chi connectivity index (χ1n) is 6.56. The zero-order valence-corrected chi connectivity index (χ0v) is 11.6. The van der Waals surface area contributed by atoms with Crippen molar-refractivity contribution in [3.63, 3.8) is 0 Å². The van der Waals surface area contributed by atoms with Gasteiger partial charge in [0.15, 0.2) is 0 Å². The van der Waals surface area contributed by atoms with Gasteiger partial charge in [-0.15, -0.1) is 0 Å². The Kier molecular flexibility index (Phi) is 3.26. The highest BCUT2D eigenvalue weighted by Crippen LogP contribution is 2.21. The summed E-state index contributed by atoms with van der Waals surface area (Å²) < 4.78 is 1.84. The van der Waals surface area contributed by atoms with Crippen LogP contribution in [0.5, 0.6) is 0 Å². The number of amides is 1. The van der Waals surface area contributed by atoms with E-state index < -0.39 is 0 Å². The molecule has 1 N–H and O–H groups in total. The van der Waals surface area contributed by atoms with Crippen LogP contribution in [0.2, 0.25) is 0 Å². The van der Waals surface area contributed by atoms with Gasteiger partial charge in [0.2, 0.25) is 0 Å². The molecule has 0 unspecified atom stereocenters. The topological polar surface area (TPSA) is 34.0 Å². The summed E-state index contributed by atoms with van der Waals surface area (Å²) in [5.41, 5.74) is 3.48.